The van der Waals surface area contributed by atoms with E-state index in [1.54, 1.807) is 0 Å². The maximum atomic E-state index is 12.6. The smallest absolute Gasteiger partial charge is 0.244 e. The summed E-state index contributed by atoms with van der Waals surface area (Å²) in [5.41, 5.74) is 8.31. The number of hydrogen-bond acceptors (Lipinski definition) is 3. The van der Waals surface area contributed by atoms with Crippen LogP contribution >= 0.6 is 12.4 Å². The second kappa shape index (κ2) is 10.3. The maximum absolute atomic E-state index is 12.6. The summed E-state index contributed by atoms with van der Waals surface area (Å²) in [6.45, 7) is 2.10. The van der Waals surface area contributed by atoms with Crippen molar-refractivity contribution in [1.29, 1.82) is 0 Å². The minimum Gasteiger partial charge on any atom is -0.376 e. The van der Waals surface area contributed by atoms with Crippen molar-refractivity contribution in [2.24, 2.45) is 5.73 Å². The molecule has 4 nitrogen and oxygen atoms in total. The summed E-state index contributed by atoms with van der Waals surface area (Å²) >= 11 is 0. The van der Waals surface area contributed by atoms with Gasteiger partial charge < -0.3 is 15.4 Å². The predicted molar refractivity (Wildman–Crippen MR) is 106 cm³/mol. The lowest BCUT2D eigenvalue weighted by atomic mass is 10.1. The number of carbonyl (C=O) groups is 1. The quantitative estimate of drug-likeness (QED) is 0.756. The van der Waals surface area contributed by atoms with E-state index in [0.717, 1.165) is 38.0 Å². The molecule has 0 bridgehead atoms. The van der Waals surface area contributed by atoms with Gasteiger partial charge in [0.15, 0.2) is 0 Å². The van der Waals surface area contributed by atoms with Crippen LogP contribution in [0.2, 0.25) is 0 Å². The van der Waals surface area contributed by atoms with Gasteiger partial charge in [-0.3, -0.25) is 4.79 Å². The summed E-state index contributed by atoms with van der Waals surface area (Å²) in [5, 5.41) is 0. The second-order valence-corrected chi connectivity index (χ2v) is 6.54. The highest BCUT2D eigenvalue weighted by Crippen LogP contribution is 2.19. The molecule has 2 aromatic carbocycles. The Hall–Kier alpha value is -1.88. The molecule has 1 aliphatic heterocycles. The second-order valence-electron chi connectivity index (χ2n) is 6.54. The van der Waals surface area contributed by atoms with Crippen LogP contribution in [0.1, 0.15) is 30.0 Å². The minimum absolute atomic E-state index is 0. The van der Waals surface area contributed by atoms with Gasteiger partial charge in [0.25, 0.3) is 0 Å². The van der Waals surface area contributed by atoms with Crippen LogP contribution < -0.4 is 5.73 Å². The third kappa shape index (κ3) is 5.56. The van der Waals surface area contributed by atoms with Gasteiger partial charge in [0, 0.05) is 19.7 Å². The van der Waals surface area contributed by atoms with Gasteiger partial charge in [-0.1, -0.05) is 60.7 Å². The molecule has 0 aliphatic carbocycles. The zero-order valence-corrected chi connectivity index (χ0v) is 15.7. The highest BCUT2D eigenvalue weighted by Gasteiger charge is 2.30. The van der Waals surface area contributed by atoms with Crippen LogP contribution in [-0.2, 0) is 16.0 Å². The zero-order chi connectivity index (χ0) is 17.5. The van der Waals surface area contributed by atoms with Gasteiger partial charge in [-0.25, -0.2) is 0 Å². The number of likely N-dealkylation sites (tertiary alicyclic amines) is 1. The number of nitrogens with zero attached hydrogens (tertiary/aromatic N) is 1. The molecule has 1 amide bonds. The number of hydrogen-bond donors (Lipinski definition) is 1. The summed E-state index contributed by atoms with van der Waals surface area (Å²) in [6.07, 6.45) is 3.04. The Morgan fingerprint density at radius 3 is 2.46 bits per heavy atom. The Labute approximate surface area is 161 Å². The van der Waals surface area contributed by atoms with Crippen LogP contribution in [0.3, 0.4) is 0 Å². The van der Waals surface area contributed by atoms with E-state index in [2.05, 4.69) is 24.3 Å². The number of carbonyl (C=O) groups excluding carboxylic acids is 1. The van der Waals surface area contributed by atoms with Crippen LogP contribution in [0.25, 0.3) is 0 Å². The largest absolute Gasteiger partial charge is 0.376 e. The van der Waals surface area contributed by atoms with Crippen molar-refractivity contribution in [3.63, 3.8) is 0 Å². The molecule has 1 saturated heterocycles. The molecular formula is C21H27ClN2O2. The van der Waals surface area contributed by atoms with E-state index in [1.165, 1.54) is 5.56 Å². The molecule has 2 atom stereocenters. The van der Waals surface area contributed by atoms with Gasteiger partial charge in [0.05, 0.1) is 6.10 Å². The lowest BCUT2D eigenvalue weighted by Crippen LogP contribution is -2.37. The molecular weight excluding hydrogens is 348 g/mol. The number of halogens is 1. The van der Waals surface area contributed by atoms with Crippen LogP contribution in [0.4, 0.5) is 0 Å². The van der Waals surface area contributed by atoms with Crippen LogP contribution in [0.5, 0.6) is 0 Å². The molecule has 1 fully saturated rings. The molecule has 1 heterocycles. The van der Waals surface area contributed by atoms with E-state index in [1.807, 2.05) is 41.3 Å². The first kappa shape index (κ1) is 20.4. The Morgan fingerprint density at radius 1 is 1.12 bits per heavy atom. The van der Waals surface area contributed by atoms with Crippen molar-refractivity contribution < 1.29 is 9.53 Å². The maximum Gasteiger partial charge on any atom is 0.244 e. The lowest BCUT2D eigenvalue weighted by molar-refractivity contribution is -0.132. The molecule has 1 aliphatic rings. The molecule has 0 saturated carbocycles. The predicted octanol–water partition coefficient (Wildman–Crippen LogP) is 3.36. The number of ether oxygens (including phenoxy) is 1. The number of nitrogens with two attached hydrogens (primary N) is 1. The van der Waals surface area contributed by atoms with Crippen molar-refractivity contribution in [2.75, 3.05) is 19.7 Å². The van der Waals surface area contributed by atoms with E-state index < -0.39 is 6.04 Å². The molecule has 26 heavy (non-hydrogen) atoms. The van der Waals surface area contributed by atoms with E-state index in [4.69, 9.17) is 10.5 Å². The summed E-state index contributed by atoms with van der Waals surface area (Å²) in [7, 11) is 0. The van der Waals surface area contributed by atoms with E-state index in [-0.39, 0.29) is 24.4 Å². The third-order valence-corrected chi connectivity index (χ3v) is 4.69. The minimum atomic E-state index is -0.585. The van der Waals surface area contributed by atoms with Crippen molar-refractivity contribution in [2.45, 2.75) is 31.4 Å². The fourth-order valence-corrected chi connectivity index (χ4v) is 3.24. The molecule has 2 N–H and O–H groups in total. The van der Waals surface area contributed by atoms with Gasteiger partial charge in [-0.2, -0.15) is 0 Å². The third-order valence-electron chi connectivity index (χ3n) is 4.69. The normalized spacial score (nSPS) is 17.6. The monoisotopic (exact) mass is 374 g/mol. The summed E-state index contributed by atoms with van der Waals surface area (Å²) in [6, 6.07) is 19.4. The fraction of sp³-hybridized carbons (Fsp3) is 0.381. The summed E-state index contributed by atoms with van der Waals surface area (Å²) in [4.78, 5) is 14.4. The standard InChI is InChI=1S/C21H26N2O2.ClH/c22-20(18-11-5-2-6-12-18)21(24)23-14-13-19(16-23)25-15-7-10-17-8-3-1-4-9-17;/h1-6,8-9,11-12,19-20H,7,10,13-16,22H2;1H. The first-order valence-electron chi connectivity index (χ1n) is 8.99. The van der Waals surface area contributed by atoms with Gasteiger partial charge in [0.1, 0.15) is 6.04 Å². The lowest BCUT2D eigenvalue weighted by Gasteiger charge is -2.21. The molecule has 0 aromatic heterocycles. The van der Waals surface area contributed by atoms with E-state index in [9.17, 15) is 4.79 Å². The molecule has 140 valence electrons. The molecule has 3 rings (SSSR count). The van der Waals surface area contributed by atoms with Crippen molar-refractivity contribution >= 4 is 18.3 Å². The van der Waals surface area contributed by atoms with Crippen LogP contribution in [0, 0.1) is 0 Å². The van der Waals surface area contributed by atoms with Crippen molar-refractivity contribution in [1.82, 2.24) is 4.90 Å². The van der Waals surface area contributed by atoms with Crippen LogP contribution in [-0.4, -0.2) is 36.6 Å². The van der Waals surface area contributed by atoms with Gasteiger partial charge in [-0.05, 0) is 30.4 Å². The van der Waals surface area contributed by atoms with Crippen molar-refractivity contribution in [3.05, 3.63) is 71.8 Å². The number of amides is 1. The van der Waals surface area contributed by atoms with Gasteiger partial charge in [0.2, 0.25) is 5.91 Å². The average molecular weight is 375 g/mol. The Morgan fingerprint density at radius 2 is 1.77 bits per heavy atom. The van der Waals surface area contributed by atoms with Crippen LogP contribution in [0.15, 0.2) is 60.7 Å². The number of benzene rings is 2. The fourth-order valence-electron chi connectivity index (χ4n) is 3.24. The van der Waals surface area contributed by atoms with Gasteiger partial charge in [-0.15, -0.1) is 12.4 Å². The molecule has 2 unspecified atom stereocenters. The SMILES string of the molecule is Cl.NC(C(=O)N1CCC(OCCCc2ccccc2)C1)c1ccccc1. The Bertz CT molecular complexity index is 666. The van der Waals surface area contributed by atoms with Gasteiger partial charge >= 0.3 is 0 Å². The first-order chi connectivity index (χ1) is 12.2. The van der Waals surface area contributed by atoms with E-state index in [0.29, 0.717) is 6.54 Å². The average Bonchev–Trinajstić information content (AvgIpc) is 3.14. The zero-order valence-electron chi connectivity index (χ0n) is 14.9. The van der Waals surface area contributed by atoms with Crippen molar-refractivity contribution in [3.8, 4) is 0 Å². The highest BCUT2D eigenvalue weighted by molar-refractivity contribution is 5.85. The van der Waals surface area contributed by atoms with E-state index >= 15 is 0 Å². The number of aryl methyl sites for hydroxylation is 1. The topological polar surface area (TPSA) is 55.6 Å². The highest BCUT2D eigenvalue weighted by atomic mass is 35.5. The first-order valence-corrected chi connectivity index (χ1v) is 8.99. The Kier molecular flexibility index (Phi) is 8.10. The summed E-state index contributed by atoms with van der Waals surface area (Å²) in [5.74, 6) is -0.0124. The number of rotatable bonds is 7. The Balaban J connectivity index is 0.00000243. The molecule has 2 aromatic rings. The summed E-state index contributed by atoms with van der Waals surface area (Å²) < 4.78 is 5.96. The molecule has 0 radical (unpaired) electrons. The molecule has 0 spiro atoms. The molecule has 5 heteroatoms.